The van der Waals surface area contributed by atoms with Crippen LogP contribution in [0.5, 0.6) is 0 Å². The van der Waals surface area contributed by atoms with E-state index in [-0.39, 0.29) is 31.5 Å². The van der Waals surface area contributed by atoms with Crippen molar-refractivity contribution >= 4 is 11.6 Å². The van der Waals surface area contributed by atoms with Gasteiger partial charge in [0, 0.05) is 50.0 Å². The third-order valence-corrected chi connectivity index (χ3v) is 4.32. The standard InChI is InChI=1S/C22H28N2O/c1-2-22(25)24(20-11-7-4-8-12-20)21-14-17-23(18-15-21)16-13-19-9-5-3-6-10-19/h3-12,21H,2,13-18H2,1H3/i1D3,2D2,13D2,16D2. The molecule has 0 aromatic heterocycles. The zero-order chi connectivity index (χ0) is 25.4. The molecule has 0 atom stereocenters. The molecule has 0 radical (unpaired) electrons. The lowest BCUT2D eigenvalue weighted by Gasteiger charge is -2.38. The number of hydrogen-bond donors (Lipinski definition) is 0. The van der Waals surface area contributed by atoms with Gasteiger partial charge in [0.05, 0.1) is 0 Å². The largest absolute Gasteiger partial charge is 0.309 e. The maximum Gasteiger partial charge on any atom is 0.226 e. The van der Waals surface area contributed by atoms with Crippen molar-refractivity contribution in [1.29, 1.82) is 0 Å². The highest BCUT2D eigenvalue weighted by Gasteiger charge is 2.28. The van der Waals surface area contributed by atoms with E-state index in [1.165, 1.54) is 21.9 Å². The number of hydrogen-bond acceptors (Lipinski definition) is 2. The first kappa shape index (κ1) is 9.54. The van der Waals surface area contributed by atoms with Gasteiger partial charge in [-0.3, -0.25) is 4.79 Å². The van der Waals surface area contributed by atoms with Gasteiger partial charge in [0.15, 0.2) is 0 Å². The molecule has 2 aromatic rings. The number of carbonyl (C=O) groups is 1. The van der Waals surface area contributed by atoms with E-state index >= 15 is 0 Å². The fourth-order valence-electron chi connectivity index (χ4n) is 3.04. The quantitative estimate of drug-likeness (QED) is 0.786. The Bertz CT molecular complexity index is 973. The number of anilines is 1. The van der Waals surface area contributed by atoms with Crippen molar-refractivity contribution in [1.82, 2.24) is 4.90 Å². The number of para-hydroxylation sites is 1. The van der Waals surface area contributed by atoms with Gasteiger partial charge in [0.2, 0.25) is 5.91 Å². The first-order chi connectivity index (χ1) is 15.7. The second-order valence-electron chi connectivity index (χ2n) is 5.96. The average molecular weight is 346 g/mol. The van der Waals surface area contributed by atoms with Crippen LogP contribution >= 0.6 is 0 Å². The highest BCUT2D eigenvalue weighted by atomic mass is 16.2. The molecule has 0 spiro atoms. The second kappa shape index (κ2) is 8.82. The summed E-state index contributed by atoms with van der Waals surface area (Å²) in [5, 5.41) is 0. The van der Waals surface area contributed by atoms with Gasteiger partial charge in [-0.2, -0.15) is 0 Å². The summed E-state index contributed by atoms with van der Waals surface area (Å²) in [5.74, 6) is -1.17. The third-order valence-electron chi connectivity index (χ3n) is 4.32. The fourth-order valence-corrected chi connectivity index (χ4v) is 3.04. The molecule has 2 aromatic carbocycles. The minimum Gasteiger partial charge on any atom is -0.309 e. The summed E-state index contributed by atoms with van der Waals surface area (Å²) in [6, 6.07) is 15.8. The topological polar surface area (TPSA) is 23.6 Å². The van der Waals surface area contributed by atoms with Gasteiger partial charge in [-0.05, 0) is 36.9 Å². The van der Waals surface area contributed by atoms with Crippen LogP contribution in [0, 0.1) is 0 Å². The molecule has 1 saturated heterocycles. The van der Waals surface area contributed by atoms with Gasteiger partial charge in [-0.1, -0.05) is 55.4 Å². The summed E-state index contributed by atoms with van der Waals surface area (Å²) in [6.07, 6.45) is -4.95. The molecule has 0 saturated carbocycles. The molecule has 1 fully saturated rings. The highest BCUT2D eigenvalue weighted by Crippen LogP contribution is 2.24. The van der Waals surface area contributed by atoms with Crippen LogP contribution in [-0.4, -0.2) is 36.4 Å². The minimum atomic E-state index is -3.15. The van der Waals surface area contributed by atoms with Crippen molar-refractivity contribution in [3.05, 3.63) is 66.2 Å². The third kappa shape index (κ3) is 4.70. The highest BCUT2D eigenvalue weighted by molar-refractivity contribution is 5.93. The van der Waals surface area contributed by atoms with Crippen LogP contribution < -0.4 is 4.90 Å². The summed E-state index contributed by atoms with van der Waals surface area (Å²) in [7, 11) is 0. The van der Waals surface area contributed by atoms with Crippen molar-refractivity contribution in [2.45, 2.75) is 38.5 Å². The first-order valence-corrected chi connectivity index (χ1v) is 8.40. The minimum absolute atomic E-state index is 0.109. The summed E-state index contributed by atoms with van der Waals surface area (Å²) in [6.45, 7) is -5.27. The zero-order valence-corrected chi connectivity index (χ0v) is 14.0. The molecular formula is C22H28N2O. The van der Waals surface area contributed by atoms with E-state index < -0.39 is 38.0 Å². The summed E-state index contributed by atoms with van der Waals surface area (Å²) in [5.41, 5.74) is 0.579. The maximum atomic E-state index is 13.2. The number of piperidine rings is 1. The Morgan fingerprint density at radius 2 is 1.76 bits per heavy atom. The van der Waals surface area contributed by atoms with Crippen LogP contribution in [0.1, 0.15) is 44.0 Å². The van der Waals surface area contributed by atoms with Crippen molar-refractivity contribution < 1.29 is 17.1 Å². The molecular weight excluding hydrogens is 308 g/mol. The van der Waals surface area contributed by atoms with E-state index in [2.05, 4.69) is 0 Å². The Labute approximate surface area is 163 Å². The number of nitrogens with zero attached hydrogens (tertiary/aromatic N) is 2. The molecule has 3 rings (SSSR count). The SMILES string of the molecule is [2H]C([2H])([2H])C([2H])([2H])C(=O)N(c1ccccc1)C1CCN(C([2H])([2H])C([2H])([2H])c2ccccc2)CC1. The average Bonchev–Trinajstić information content (AvgIpc) is 2.80. The summed E-state index contributed by atoms with van der Waals surface area (Å²) >= 11 is 0. The summed E-state index contributed by atoms with van der Waals surface area (Å²) in [4.78, 5) is 15.7. The Kier molecular flexibility index (Phi) is 3.36. The molecule has 0 bridgehead atoms. The van der Waals surface area contributed by atoms with Crippen molar-refractivity contribution in [2.75, 3.05) is 24.5 Å². The molecule has 1 heterocycles. The van der Waals surface area contributed by atoms with Gasteiger partial charge >= 0.3 is 0 Å². The Balaban J connectivity index is 1.85. The number of carbonyl (C=O) groups excluding carboxylic acids is 1. The maximum absolute atomic E-state index is 13.2. The van der Waals surface area contributed by atoms with Crippen LogP contribution in [-0.2, 0) is 11.2 Å². The molecule has 0 N–H and O–H groups in total. The van der Waals surface area contributed by atoms with Crippen LogP contribution in [0.4, 0.5) is 5.69 Å². The van der Waals surface area contributed by atoms with Crippen molar-refractivity contribution in [3.63, 3.8) is 0 Å². The number of benzene rings is 2. The molecule has 1 aliphatic heterocycles. The van der Waals surface area contributed by atoms with Crippen LogP contribution in [0.25, 0.3) is 0 Å². The predicted octanol–water partition coefficient (Wildman–Crippen LogP) is 4.14. The zero-order valence-electron chi connectivity index (χ0n) is 23.0. The monoisotopic (exact) mass is 345 g/mol. The molecule has 3 nitrogen and oxygen atoms in total. The molecule has 1 aliphatic rings. The number of likely N-dealkylation sites (tertiary alicyclic amines) is 1. The lowest BCUT2D eigenvalue weighted by atomic mass is 10.0. The van der Waals surface area contributed by atoms with Gasteiger partial charge in [-0.25, -0.2) is 0 Å². The van der Waals surface area contributed by atoms with Gasteiger partial charge < -0.3 is 9.80 Å². The van der Waals surface area contributed by atoms with Crippen molar-refractivity contribution in [3.8, 4) is 0 Å². The van der Waals surface area contributed by atoms with Crippen LogP contribution in [0.2, 0.25) is 0 Å². The van der Waals surface area contributed by atoms with E-state index in [9.17, 15) is 4.79 Å². The first-order valence-electron chi connectivity index (χ1n) is 12.9. The number of amides is 1. The Morgan fingerprint density at radius 1 is 1.12 bits per heavy atom. The van der Waals surface area contributed by atoms with Crippen LogP contribution in [0.3, 0.4) is 0 Å². The molecule has 25 heavy (non-hydrogen) atoms. The number of rotatable bonds is 6. The molecule has 0 unspecified atom stereocenters. The fraction of sp³-hybridized carbons (Fsp3) is 0.409. The van der Waals surface area contributed by atoms with Gasteiger partial charge in [0.1, 0.15) is 0 Å². The normalized spacial score (nSPS) is 23.4. The Hall–Kier alpha value is -2.13. The molecule has 0 aliphatic carbocycles. The van der Waals surface area contributed by atoms with Crippen molar-refractivity contribution in [2.24, 2.45) is 0 Å². The Morgan fingerprint density at radius 3 is 2.40 bits per heavy atom. The molecule has 3 heteroatoms. The molecule has 132 valence electrons. The summed E-state index contributed by atoms with van der Waals surface area (Å²) < 4.78 is 72.6. The molecule has 1 amide bonds. The second-order valence-corrected chi connectivity index (χ2v) is 5.96. The predicted molar refractivity (Wildman–Crippen MR) is 104 cm³/mol. The van der Waals surface area contributed by atoms with Crippen LogP contribution in [0.15, 0.2) is 60.7 Å². The lowest BCUT2D eigenvalue weighted by molar-refractivity contribution is -0.119. The van der Waals surface area contributed by atoms with E-state index in [1.54, 1.807) is 48.5 Å². The van der Waals surface area contributed by atoms with Gasteiger partial charge in [-0.15, -0.1) is 0 Å². The lowest BCUT2D eigenvalue weighted by Crippen LogP contribution is -2.47. The van der Waals surface area contributed by atoms with E-state index in [4.69, 9.17) is 12.3 Å². The van der Waals surface area contributed by atoms with Gasteiger partial charge in [0.25, 0.3) is 0 Å². The van der Waals surface area contributed by atoms with E-state index in [0.29, 0.717) is 5.69 Å². The smallest absolute Gasteiger partial charge is 0.226 e. The van der Waals surface area contributed by atoms with E-state index in [0.717, 1.165) is 0 Å². The van der Waals surface area contributed by atoms with E-state index in [1.807, 2.05) is 0 Å². The number of aryl methyl sites for hydroxylation is 1.